The molecular weight excluding hydrogens is 382 g/mol. The molecule has 0 radical (unpaired) electrons. The van der Waals surface area contributed by atoms with Gasteiger partial charge in [0.15, 0.2) is 0 Å². The van der Waals surface area contributed by atoms with Crippen molar-refractivity contribution in [2.24, 2.45) is 0 Å². The smallest absolute Gasteiger partial charge is 0.410 e. The summed E-state index contributed by atoms with van der Waals surface area (Å²) >= 11 is 0. The van der Waals surface area contributed by atoms with Gasteiger partial charge in [-0.15, -0.1) is 0 Å². The summed E-state index contributed by atoms with van der Waals surface area (Å²) in [6, 6.07) is 6.63. The van der Waals surface area contributed by atoms with Crippen molar-refractivity contribution in [2.75, 3.05) is 28.3 Å². The Morgan fingerprint density at radius 1 is 1.21 bits per heavy atom. The summed E-state index contributed by atoms with van der Waals surface area (Å²) in [6.45, 7) is 4.10. The van der Waals surface area contributed by atoms with Crippen LogP contribution in [0.25, 0.3) is 0 Å². The summed E-state index contributed by atoms with van der Waals surface area (Å²) in [5.41, 5.74) is 0.852. The maximum absolute atomic E-state index is 13.2. The SMILES string of the molecule is CC[C@H]1[C@@H](N(Cc2ccc(OC)cc2)S(=O)(=O)N(C)C)C[C@@H](C)N1C(=O)OC. The molecule has 1 aromatic carbocycles. The molecular formula is C19H31N3O5S. The summed E-state index contributed by atoms with van der Waals surface area (Å²) in [6.07, 6.45) is 0.761. The van der Waals surface area contributed by atoms with E-state index in [9.17, 15) is 13.2 Å². The maximum Gasteiger partial charge on any atom is 0.410 e. The second kappa shape index (κ2) is 9.11. The number of nitrogens with zero attached hydrogens (tertiary/aromatic N) is 3. The number of carbonyl (C=O) groups excluding carboxylic acids is 1. The highest BCUT2D eigenvalue weighted by molar-refractivity contribution is 7.86. The first-order valence-electron chi connectivity index (χ1n) is 9.35. The second-order valence-electron chi connectivity index (χ2n) is 7.19. The van der Waals surface area contributed by atoms with Crippen LogP contribution >= 0.6 is 0 Å². The third-order valence-corrected chi connectivity index (χ3v) is 7.20. The van der Waals surface area contributed by atoms with E-state index in [0.29, 0.717) is 18.6 Å². The molecule has 1 fully saturated rings. The third kappa shape index (κ3) is 4.42. The van der Waals surface area contributed by atoms with Crippen molar-refractivity contribution in [2.45, 2.75) is 51.4 Å². The van der Waals surface area contributed by atoms with Gasteiger partial charge < -0.3 is 14.4 Å². The van der Waals surface area contributed by atoms with E-state index in [1.807, 2.05) is 38.1 Å². The first-order valence-corrected chi connectivity index (χ1v) is 10.8. The van der Waals surface area contributed by atoms with Crippen molar-refractivity contribution in [1.82, 2.24) is 13.5 Å². The number of amides is 1. The Bertz CT molecular complexity index is 766. The van der Waals surface area contributed by atoms with Crippen molar-refractivity contribution in [3.05, 3.63) is 29.8 Å². The lowest BCUT2D eigenvalue weighted by Gasteiger charge is -2.35. The first kappa shape index (κ1) is 22.4. The Balaban J connectivity index is 2.42. The summed E-state index contributed by atoms with van der Waals surface area (Å²) in [5, 5.41) is 0. The highest BCUT2D eigenvalue weighted by atomic mass is 32.2. The number of hydrogen-bond donors (Lipinski definition) is 0. The van der Waals surface area contributed by atoms with Gasteiger partial charge in [0, 0.05) is 32.7 Å². The zero-order valence-electron chi connectivity index (χ0n) is 17.5. The van der Waals surface area contributed by atoms with Crippen molar-refractivity contribution in [1.29, 1.82) is 0 Å². The molecule has 0 N–H and O–H groups in total. The molecule has 28 heavy (non-hydrogen) atoms. The predicted octanol–water partition coefficient (Wildman–Crippen LogP) is 2.31. The lowest BCUT2D eigenvalue weighted by atomic mass is 10.1. The van der Waals surface area contributed by atoms with Gasteiger partial charge in [0.2, 0.25) is 0 Å². The van der Waals surface area contributed by atoms with Crippen LogP contribution < -0.4 is 4.74 Å². The molecule has 1 saturated heterocycles. The van der Waals surface area contributed by atoms with E-state index >= 15 is 0 Å². The molecule has 0 aliphatic carbocycles. The van der Waals surface area contributed by atoms with Gasteiger partial charge in [0.05, 0.1) is 20.3 Å². The van der Waals surface area contributed by atoms with Gasteiger partial charge in [-0.2, -0.15) is 17.0 Å². The number of rotatable bonds is 7. The van der Waals surface area contributed by atoms with Crippen LogP contribution in [0.15, 0.2) is 24.3 Å². The van der Waals surface area contributed by atoms with Gasteiger partial charge in [-0.05, 0) is 37.5 Å². The molecule has 0 bridgehead atoms. The summed E-state index contributed by atoms with van der Waals surface area (Å²) < 4.78 is 39.1. The Morgan fingerprint density at radius 3 is 2.29 bits per heavy atom. The molecule has 1 aliphatic heterocycles. The second-order valence-corrected chi connectivity index (χ2v) is 9.28. The summed E-state index contributed by atoms with van der Waals surface area (Å²) in [5.74, 6) is 0.712. The number of carbonyl (C=O) groups is 1. The van der Waals surface area contributed by atoms with E-state index < -0.39 is 16.3 Å². The summed E-state index contributed by atoms with van der Waals surface area (Å²) in [4.78, 5) is 13.9. The topological polar surface area (TPSA) is 79.4 Å². The molecule has 158 valence electrons. The van der Waals surface area contributed by atoms with Crippen LogP contribution in [0.4, 0.5) is 4.79 Å². The van der Waals surface area contributed by atoms with Gasteiger partial charge in [0.25, 0.3) is 10.2 Å². The summed E-state index contributed by atoms with van der Waals surface area (Å²) in [7, 11) is 2.28. The van der Waals surface area contributed by atoms with Crippen molar-refractivity contribution >= 4 is 16.3 Å². The zero-order chi connectivity index (χ0) is 21.1. The predicted molar refractivity (Wildman–Crippen MR) is 107 cm³/mol. The first-order chi connectivity index (χ1) is 13.2. The van der Waals surface area contributed by atoms with Gasteiger partial charge in [-0.25, -0.2) is 4.79 Å². The Morgan fingerprint density at radius 2 is 1.82 bits per heavy atom. The molecule has 1 amide bonds. The fraction of sp³-hybridized carbons (Fsp3) is 0.632. The molecule has 0 saturated carbocycles. The Hall–Kier alpha value is -1.84. The highest BCUT2D eigenvalue weighted by Crippen LogP contribution is 2.34. The van der Waals surface area contributed by atoms with Gasteiger partial charge in [-0.1, -0.05) is 19.1 Å². The highest BCUT2D eigenvalue weighted by Gasteiger charge is 2.47. The quantitative estimate of drug-likeness (QED) is 0.685. The monoisotopic (exact) mass is 413 g/mol. The lowest BCUT2D eigenvalue weighted by Crippen LogP contribution is -2.51. The van der Waals surface area contributed by atoms with E-state index in [-0.39, 0.29) is 24.7 Å². The van der Waals surface area contributed by atoms with E-state index in [4.69, 9.17) is 9.47 Å². The van der Waals surface area contributed by atoms with Gasteiger partial charge in [-0.3, -0.25) is 0 Å². The van der Waals surface area contributed by atoms with Crippen LogP contribution in [0.2, 0.25) is 0 Å². The molecule has 8 nitrogen and oxygen atoms in total. The van der Waals surface area contributed by atoms with Crippen LogP contribution in [0.5, 0.6) is 5.75 Å². The average molecular weight is 414 g/mol. The van der Waals surface area contributed by atoms with Crippen LogP contribution in [-0.4, -0.2) is 74.5 Å². The van der Waals surface area contributed by atoms with E-state index in [0.717, 1.165) is 5.56 Å². The molecule has 2 rings (SSSR count). The molecule has 3 atom stereocenters. The maximum atomic E-state index is 13.2. The zero-order valence-corrected chi connectivity index (χ0v) is 18.3. The number of likely N-dealkylation sites (tertiary alicyclic amines) is 1. The van der Waals surface area contributed by atoms with Gasteiger partial charge in [0.1, 0.15) is 5.75 Å². The molecule has 0 unspecified atom stereocenters. The largest absolute Gasteiger partial charge is 0.497 e. The van der Waals surface area contributed by atoms with Crippen LogP contribution in [0.3, 0.4) is 0 Å². The van der Waals surface area contributed by atoms with Crippen LogP contribution in [0, 0.1) is 0 Å². The average Bonchev–Trinajstić information content (AvgIpc) is 3.01. The number of benzene rings is 1. The molecule has 1 aromatic rings. The normalized spacial score (nSPS) is 22.7. The standard InChI is InChI=1S/C19H31N3O5S/c1-7-17-18(12-14(2)22(17)19(23)27-6)21(28(24,25)20(3)4)13-15-8-10-16(26-5)11-9-15/h8-11,14,17-18H,7,12-13H2,1-6H3/t14-,17+,18+/m1/s1. The van der Waals surface area contributed by atoms with Gasteiger partial charge >= 0.3 is 6.09 Å². The Labute approximate surface area is 168 Å². The molecule has 0 aromatic heterocycles. The number of methoxy groups -OCH3 is 2. The van der Waals surface area contributed by atoms with E-state index in [2.05, 4.69) is 0 Å². The van der Waals surface area contributed by atoms with Crippen molar-refractivity contribution in [3.63, 3.8) is 0 Å². The van der Waals surface area contributed by atoms with Crippen molar-refractivity contribution < 1.29 is 22.7 Å². The fourth-order valence-electron chi connectivity index (χ4n) is 3.82. The van der Waals surface area contributed by atoms with E-state index in [1.54, 1.807) is 12.0 Å². The number of hydrogen-bond acceptors (Lipinski definition) is 5. The fourth-order valence-corrected chi connectivity index (χ4v) is 5.12. The molecule has 0 spiro atoms. The molecule has 1 aliphatic rings. The molecule has 1 heterocycles. The number of ether oxygens (including phenoxy) is 2. The minimum absolute atomic E-state index is 0.113. The van der Waals surface area contributed by atoms with E-state index in [1.165, 1.54) is 29.8 Å². The van der Waals surface area contributed by atoms with Crippen LogP contribution in [-0.2, 0) is 21.5 Å². The minimum atomic E-state index is -3.70. The van der Waals surface area contributed by atoms with Crippen LogP contribution in [0.1, 0.15) is 32.3 Å². The Kier molecular flexibility index (Phi) is 7.30. The lowest BCUT2D eigenvalue weighted by molar-refractivity contribution is 0.0975. The minimum Gasteiger partial charge on any atom is -0.497 e. The molecule has 9 heteroatoms. The van der Waals surface area contributed by atoms with Crippen molar-refractivity contribution in [3.8, 4) is 5.75 Å². The third-order valence-electron chi connectivity index (χ3n) is 5.29.